The van der Waals surface area contributed by atoms with Crippen molar-refractivity contribution in [1.82, 2.24) is 5.32 Å². The van der Waals surface area contributed by atoms with E-state index in [-0.39, 0.29) is 16.9 Å². The highest BCUT2D eigenvalue weighted by Crippen LogP contribution is 2.22. The molecule has 1 aromatic carbocycles. The normalized spacial score (nSPS) is 12.9. The summed E-state index contributed by atoms with van der Waals surface area (Å²) in [5.41, 5.74) is 0.955. The van der Waals surface area contributed by atoms with E-state index in [4.69, 9.17) is 11.6 Å². The molecule has 1 rings (SSSR count). The molecule has 1 atom stereocenters. The van der Waals surface area contributed by atoms with Crippen LogP contribution in [0.4, 0.5) is 4.39 Å². The third-order valence-corrected chi connectivity index (χ3v) is 2.58. The van der Waals surface area contributed by atoms with E-state index in [1.165, 1.54) is 6.07 Å². The summed E-state index contributed by atoms with van der Waals surface area (Å²) in [6.45, 7) is 2.11. The first-order chi connectivity index (χ1) is 6.69. The van der Waals surface area contributed by atoms with Gasteiger partial charge in [0.1, 0.15) is 5.82 Å². The first kappa shape index (κ1) is 11.5. The maximum absolute atomic E-state index is 13.2. The van der Waals surface area contributed by atoms with Crippen LogP contribution < -0.4 is 5.32 Å². The summed E-state index contributed by atoms with van der Waals surface area (Å²) in [4.78, 5) is 0. The summed E-state index contributed by atoms with van der Waals surface area (Å²) in [5.74, 6) is -0.347. The van der Waals surface area contributed by atoms with Crippen molar-refractivity contribution in [3.8, 4) is 0 Å². The van der Waals surface area contributed by atoms with Gasteiger partial charge in [-0.25, -0.2) is 4.39 Å². The van der Waals surface area contributed by atoms with Crippen LogP contribution in [-0.4, -0.2) is 7.05 Å². The Kier molecular flexibility index (Phi) is 4.36. The van der Waals surface area contributed by atoms with Crippen molar-refractivity contribution in [2.45, 2.75) is 25.8 Å². The summed E-state index contributed by atoms with van der Waals surface area (Å²) >= 11 is 5.61. The van der Waals surface area contributed by atoms with Gasteiger partial charge in [-0.2, -0.15) is 0 Å². The molecule has 3 heteroatoms. The van der Waals surface area contributed by atoms with Gasteiger partial charge >= 0.3 is 0 Å². The minimum Gasteiger partial charge on any atom is -0.313 e. The third kappa shape index (κ3) is 2.69. The van der Waals surface area contributed by atoms with Gasteiger partial charge in [0.2, 0.25) is 0 Å². The topological polar surface area (TPSA) is 12.0 Å². The van der Waals surface area contributed by atoms with Gasteiger partial charge in [-0.05, 0) is 31.2 Å². The minimum absolute atomic E-state index is 0.181. The second kappa shape index (κ2) is 5.32. The first-order valence-electron chi connectivity index (χ1n) is 4.81. The second-order valence-electron chi connectivity index (χ2n) is 3.30. The monoisotopic (exact) mass is 215 g/mol. The molecule has 0 radical (unpaired) electrons. The first-order valence-corrected chi connectivity index (χ1v) is 5.19. The number of hydrogen-bond donors (Lipinski definition) is 1. The lowest BCUT2D eigenvalue weighted by molar-refractivity contribution is 0.535. The Hall–Kier alpha value is -0.600. The highest BCUT2D eigenvalue weighted by molar-refractivity contribution is 6.30. The Morgan fingerprint density at radius 1 is 1.50 bits per heavy atom. The average Bonchev–Trinajstić information content (AvgIpc) is 2.19. The van der Waals surface area contributed by atoms with Crippen LogP contribution in [-0.2, 0) is 0 Å². The van der Waals surface area contributed by atoms with Crippen LogP contribution in [0.15, 0.2) is 18.2 Å². The van der Waals surface area contributed by atoms with Crippen molar-refractivity contribution >= 4 is 11.6 Å². The Bertz CT molecular complexity index is 301. The molecule has 1 nitrogen and oxygen atoms in total. The minimum atomic E-state index is -0.347. The molecule has 14 heavy (non-hydrogen) atoms. The maximum Gasteiger partial charge on any atom is 0.142 e. The fourth-order valence-corrected chi connectivity index (χ4v) is 1.61. The number of halogens is 2. The highest BCUT2D eigenvalue weighted by Gasteiger charge is 2.09. The smallest absolute Gasteiger partial charge is 0.142 e. The Balaban J connectivity index is 2.88. The largest absolute Gasteiger partial charge is 0.313 e. The lowest BCUT2D eigenvalue weighted by Crippen LogP contribution is -2.16. The molecule has 0 fully saturated rings. The van der Waals surface area contributed by atoms with Gasteiger partial charge in [0.05, 0.1) is 5.02 Å². The Labute approximate surface area is 89.3 Å². The molecule has 1 aromatic rings. The third-order valence-electron chi connectivity index (χ3n) is 2.27. The van der Waals surface area contributed by atoms with E-state index in [1.807, 2.05) is 13.1 Å². The van der Waals surface area contributed by atoms with Crippen molar-refractivity contribution in [3.63, 3.8) is 0 Å². The zero-order chi connectivity index (χ0) is 10.6. The number of benzene rings is 1. The van der Waals surface area contributed by atoms with Gasteiger partial charge in [0.15, 0.2) is 0 Å². The van der Waals surface area contributed by atoms with Crippen molar-refractivity contribution in [3.05, 3.63) is 34.6 Å². The fourth-order valence-electron chi connectivity index (χ4n) is 1.50. The molecule has 0 heterocycles. The van der Waals surface area contributed by atoms with E-state index in [0.717, 1.165) is 18.4 Å². The Morgan fingerprint density at radius 2 is 2.21 bits per heavy atom. The molecule has 0 saturated heterocycles. The molecule has 0 aliphatic rings. The Morgan fingerprint density at radius 3 is 2.71 bits per heavy atom. The van der Waals surface area contributed by atoms with E-state index in [2.05, 4.69) is 12.2 Å². The van der Waals surface area contributed by atoms with Crippen LogP contribution in [0.25, 0.3) is 0 Å². The van der Waals surface area contributed by atoms with E-state index >= 15 is 0 Å². The standard InChI is InChI=1S/C11H15ClFN/c1-3-4-11(14-2)8-5-6-9(12)10(13)7-8/h5-7,11,14H,3-4H2,1-2H3. The van der Waals surface area contributed by atoms with E-state index in [0.29, 0.717) is 0 Å². The molecular formula is C11H15ClFN. The van der Waals surface area contributed by atoms with Crippen molar-refractivity contribution in [2.75, 3.05) is 7.05 Å². The second-order valence-corrected chi connectivity index (χ2v) is 3.71. The molecule has 0 saturated carbocycles. The van der Waals surface area contributed by atoms with Gasteiger partial charge in [-0.15, -0.1) is 0 Å². The molecule has 0 spiro atoms. The number of nitrogens with one attached hydrogen (secondary N) is 1. The lowest BCUT2D eigenvalue weighted by Gasteiger charge is -2.15. The van der Waals surface area contributed by atoms with Crippen molar-refractivity contribution < 1.29 is 4.39 Å². The molecule has 0 amide bonds. The zero-order valence-corrected chi connectivity index (χ0v) is 9.24. The zero-order valence-electron chi connectivity index (χ0n) is 8.48. The van der Waals surface area contributed by atoms with Crippen LogP contribution in [0.1, 0.15) is 31.4 Å². The van der Waals surface area contributed by atoms with Crippen molar-refractivity contribution in [2.24, 2.45) is 0 Å². The molecule has 0 aromatic heterocycles. The SMILES string of the molecule is CCCC(NC)c1ccc(Cl)c(F)c1. The fraction of sp³-hybridized carbons (Fsp3) is 0.455. The average molecular weight is 216 g/mol. The van der Waals surface area contributed by atoms with Gasteiger partial charge in [0.25, 0.3) is 0 Å². The summed E-state index contributed by atoms with van der Waals surface area (Å²) in [6, 6.07) is 5.18. The summed E-state index contributed by atoms with van der Waals surface area (Å²) < 4.78 is 13.2. The summed E-state index contributed by atoms with van der Waals surface area (Å²) in [6.07, 6.45) is 2.06. The van der Waals surface area contributed by atoms with E-state index in [1.54, 1.807) is 6.07 Å². The molecule has 1 N–H and O–H groups in total. The quantitative estimate of drug-likeness (QED) is 0.810. The predicted octanol–water partition coefficient (Wildman–Crippen LogP) is 3.54. The summed E-state index contributed by atoms with van der Waals surface area (Å²) in [7, 11) is 1.88. The molecule has 1 unspecified atom stereocenters. The summed E-state index contributed by atoms with van der Waals surface area (Å²) in [5, 5.41) is 3.34. The van der Waals surface area contributed by atoms with Crippen molar-refractivity contribution in [1.29, 1.82) is 0 Å². The van der Waals surface area contributed by atoms with Crippen LogP contribution in [0.2, 0.25) is 5.02 Å². The van der Waals surface area contributed by atoms with Gasteiger partial charge in [-0.1, -0.05) is 31.0 Å². The van der Waals surface area contributed by atoms with Crippen LogP contribution in [0.3, 0.4) is 0 Å². The molecule has 0 bridgehead atoms. The highest BCUT2D eigenvalue weighted by atomic mass is 35.5. The molecule has 78 valence electrons. The maximum atomic E-state index is 13.2. The predicted molar refractivity (Wildman–Crippen MR) is 58.1 cm³/mol. The molecular weight excluding hydrogens is 201 g/mol. The number of rotatable bonds is 4. The van der Waals surface area contributed by atoms with Crippen LogP contribution >= 0.6 is 11.6 Å². The lowest BCUT2D eigenvalue weighted by atomic mass is 10.0. The van der Waals surface area contributed by atoms with E-state index in [9.17, 15) is 4.39 Å². The van der Waals surface area contributed by atoms with E-state index < -0.39 is 0 Å². The van der Waals surface area contributed by atoms with Gasteiger partial charge < -0.3 is 5.32 Å². The number of hydrogen-bond acceptors (Lipinski definition) is 1. The van der Waals surface area contributed by atoms with Crippen LogP contribution in [0.5, 0.6) is 0 Å². The molecule has 0 aliphatic carbocycles. The van der Waals surface area contributed by atoms with Crippen LogP contribution in [0, 0.1) is 5.82 Å². The molecule has 0 aliphatic heterocycles. The van der Waals surface area contributed by atoms with Gasteiger partial charge in [-0.3, -0.25) is 0 Å². The van der Waals surface area contributed by atoms with Gasteiger partial charge in [0, 0.05) is 6.04 Å².